The highest BCUT2D eigenvalue weighted by molar-refractivity contribution is 7.90. The molecule has 0 atom stereocenters. The number of nitrogens with zero attached hydrogens (tertiary/aromatic N) is 2. The van der Waals surface area contributed by atoms with Gasteiger partial charge in [-0.2, -0.15) is 0 Å². The minimum absolute atomic E-state index is 0.180. The van der Waals surface area contributed by atoms with Crippen molar-refractivity contribution in [1.29, 1.82) is 0 Å². The number of nitrogen functional groups attached to an aromatic ring is 1. The van der Waals surface area contributed by atoms with E-state index in [4.69, 9.17) is 15.0 Å². The van der Waals surface area contributed by atoms with Crippen LogP contribution in [0.25, 0.3) is 11.0 Å². The van der Waals surface area contributed by atoms with Gasteiger partial charge in [0.25, 0.3) is 10.0 Å². The summed E-state index contributed by atoms with van der Waals surface area (Å²) in [5, 5.41) is 0.583. The Morgan fingerprint density at radius 2 is 1.66 bits per heavy atom. The van der Waals surface area contributed by atoms with Crippen molar-refractivity contribution in [3.05, 3.63) is 48.3 Å². The molecule has 3 heterocycles. The largest absolute Gasteiger partial charge is 0.497 e. The zero-order chi connectivity index (χ0) is 21.2. The number of hydrogen-bond acceptors (Lipinski definition) is 6. The first-order valence-corrected chi connectivity index (χ1v) is 10.8. The molecule has 1 aliphatic heterocycles. The zero-order valence-corrected chi connectivity index (χ0v) is 17.9. The fourth-order valence-electron chi connectivity index (χ4n) is 3.28. The van der Waals surface area contributed by atoms with Crippen LogP contribution in [0.3, 0.4) is 0 Å². The van der Waals surface area contributed by atoms with Gasteiger partial charge in [-0.05, 0) is 52.8 Å². The molecule has 1 saturated heterocycles. The summed E-state index contributed by atoms with van der Waals surface area (Å²) in [7, 11) is -4.59. The highest BCUT2D eigenvalue weighted by Gasteiger charge is 2.52. The molecule has 0 amide bonds. The van der Waals surface area contributed by atoms with Crippen molar-refractivity contribution >= 4 is 39.3 Å². The summed E-state index contributed by atoms with van der Waals surface area (Å²) < 4.78 is 40.1. The fraction of sp³-hybridized carbons (Fsp3) is 0.350. The average molecular weight is 413 g/mol. The Labute approximate surface area is 171 Å². The summed E-state index contributed by atoms with van der Waals surface area (Å²) >= 11 is 0. The molecule has 2 N–H and O–H groups in total. The van der Waals surface area contributed by atoms with Crippen LogP contribution in [0.5, 0.6) is 0 Å². The molecule has 3 aromatic rings. The van der Waals surface area contributed by atoms with Crippen LogP contribution in [0.4, 0.5) is 5.69 Å². The first-order valence-electron chi connectivity index (χ1n) is 9.37. The standard InChI is InChI=1S/C20H24BN3O4S/c1-13-6-8-15(9-7-13)29(25,26)24-12-17(16-10-14(22)11-23-18(16)24)21-27-19(2,3)20(4,5)28-21/h6-12H,22H2,1-5H3. The number of pyridine rings is 1. The van der Waals surface area contributed by atoms with Crippen molar-refractivity contribution in [3.8, 4) is 0 Å². The third-order valence-electron chi connectivity index (χ3n) is 5.75. The summed E-state index contributed by atoms with van der Waals surface area (Å²) in [6.45, 7) is 9.69. The Morgan fingerprint density at radius 3 is 2.24 bits per heavy atom. The van der Waals surface area contributed by atoms with Gasteiger partial charge in [-0.15, -0.1) is 0 Å². The molecule has 29 heavy (non-hydrogen) atoms. The quantitative estimate of drug-likeness (QED) is 0.663. The Balaban J connectivity index is 1.91. The zero-order valence-electron chi connectivity index (χ0n) is 17.1. The van der Waals surface area contributed by atoms with Gasteiger partial charge in [-0.3, -0.25) is 0 Å². The number of anilines is 1. The topological polar surface area (TPSA) is 96.4 Å². The molecular weight excluding hydrogens is 389 g/mol. The summed E-state index contributed by atoms with van der Waals surface area (Å²) in [6.07, 6.45) is 2.96. The van der Waals surface area contributed by atoms with Crippen LogP contribution >= 0.6 is 0 Å². The molecule has 0 bridgehead atoms. The van der Waals surface area contributed by atoms with E-state index in [2.05, 4.69) is 4.98 Å². The van der Waals surface area contributed by atoms with Gasteiger partial charge in [0.2, 0.25) is 0 Å². The van der Waals surface area contributed by atoms with Gasteiger partial charge < -0.3 is 15.0 Å². The van der Waals surface area contributed by atoms with Crippen molar-refractivity contribution in [1.82, 2.24) is 8.96 Å². The van der Waals surface area contributed by atoms with Gasteiger partial charge in [-0.25, -0.2) is 17.4 Å². The predicted octanol–water partition coefficient (Wildman–Crippen LogP) is 2.46. The number of aryl methyl sites for hydroxylation is 1. The van der Waals surface area contributed by atoms with Crippen LogP contribution in [0.15, 0.2) is 47.6 Å². The van der Waals surface area contributed by atoms with Crippen molar-refractivity contribution in [3.63, 3.8) is 0 Å². The SMILES string of the molecule is Cc1ccc(S(=O)(=O)n2cc(B3OC(C)(C)C(C)(C)O3)c3cc(N)cnc32)cc1. The lowest BCUT2D eigenvalue weighted by Gasteiger charge is -2.32. The first-order chi connectivity index (χ1) is 13.4. The second kappa shape index (κ2) is 6.32. The fourth-order valence-corrected chi connectivity index (χ4v) is 4.62. The van der Waals surface area contributed by atoms with E-state index in [1.165, 1.54) is 16.4 Å². The van der Waals surface area contributed by atoms with Crippen molar-refractivity contribution < 1.29 is 17.7 Å². The van der Waals surface area contributed by atoms with Crippen LogP contribution in [-0.4, -0.2) is 35.7 Å². The normalized spacial score (nSPS) is 18.4. The third-order valence-corrected chi connectivity index (χ3v) is 7.41. The number of benzene rings is 1. The van der Waals surface area contributed by atoms with Crippen LogP contribution in [0.2, 0.25) is 0 Å². The molecular formula is C20H24BN3O4S. The van der Waals surface area contributed by atoms with E-state index >= 15 is 0 Å². The maximum absolute atomic E-state index is 13.3. The maximum Gasteiger partial charge on any atom is 0.497 e. The molecule has 4 rings (SSSR count). The number of fused-ring (bicyclic) bond motifs is 1. The molecule has 0 spiro atoms. The second-order valence-corrected chi connectivity index (χ2v) is 10.2. The lowest BCUT2D eigenvalue weighted by molar-refractivity contribution is 0.00578. The molecule has 9 heteroatoms. The summed E-state index contributed by atoms with van der Waals surface area (Å²) in [6, 6.07) is 8.40. The maximum atomic E-state index is 13.3. The molecule has 0 unspecified atom stereocenters. The van der Waals surface area contributed by atoms with Crippen LogP contribution in [-0.2, 0) is 19.3 Å². The molecule has 2 aromatic heterocycles. The molecule has 7 nitrogen and oxygen atoms in total. The lowest BCUT2D eigenvalue weighted by atomic mass is 9.79. The first kappa shape index (κ1) is 19.9. The van der Waals surface area contributed by atoms with E-state index in [9.17, 15) is 8.42 Å². The minimum atomic E-state index is -3.86. The number of nitrogens with two attached hydrogens (primary N) is 1. The van der Waals surface area contributed by atoms with E-state index < -0.39 is 28.3 Å². The van der Waals surface area contributed by atoms with E-state index in [-0.39, 0.29) is 10.5 Å². The van der Waals surface area contributed by atoms with Gasteiger partial charge in [-0.1, -0.05) is 17.7 Å². The summed E-state index contributed by atoms with van der Waals surface area (Å²) in [4.78, 5) is 4.48. The average Bonchev–Trinajstić information content (AvgIpc) is 3.09. The molecule has 1 aliphatic rings. The van der Waals surface area contributed by atoms with Gasteiger partial charge in [0.05, 0.1) is 28.0 Å². The highest BCUT2D eigenvalue weighted by atomic mass is 32.2. The van der Waals surface area contributed by atoms with E-state index in [1.54, 1.807) is 30.3 Å². The van der Waals surface area contributed by atoms with E-state index in [1.807, 2.05) is 34.6 Å². The molecule has 1 aromatic carbocycles. The van der Waals surface area contributed by atoms with Crippen molar-refractivity contribution in [2.75, 3.05) is 5.73 Å². The molecule has 1 fully saturated rings. The summed E-state index contributed by atoms with van der Waals surface area (Å²) in [5.41, 5.74) is 7.09. The Hall–Kier alpha value is -2.36. The van der Waals surface area contributed by atoms with Crippen molar-refractivity contribution in [2.24, 2.45) is 0 Å². The lowest BCUT2D eigenvalue weighted by Crippen LogP contribution is -2.41. The van der Waals surface area contributed by atoms with Gasteiger partial charge in [0, 0.05) is 17.0 Å². The van der Waals surface area contributed by atoms with E-state index in [0.717, 1.165) is 5.56 Å². The van der Waals surface area contributed by atoms with E-state index in [0.29, 0.717) is 16.5 Å². The number of aromatic nitrogens is 2. The second-order valence-electron chi connectivity index (χ2n) is 8.43. The van der Waals surface area contributed by atoms with Gasteiger partial charge in [0.1, 0.15) is 0 Å². The Morgan fingerprint density at radius 1 is 1.07 bits per heavy atom. The Kier molecular flexibility index (Phi) is 4.35. The molecule has 0 aliphatic carbocycles. The smallest absolute Gasteiger partial charge is 0.399 e. The van der Waals surface area contributed by atoms with Crippen molar-refractivity contribution in [2.45, 2.75) is 50.7 Å². The number of hydrogen-bond donors (Lipinski definition) is 1. The predicted molar refractivity (Wildman–Crippen MR) is 114 cm³/mol. The highest BCUT2D eigenvalue weighted by Crippen LogP contribution is 2.37. The minimum Gasteiger partial charge on any atom is -0.399 e. The number of rotatable bonds is 3. The molecule has 0 saturated carbocycles. The van der Waals surface area contributed by atoms with Crippen LogP contribution < -0.4 is 11.2 Å². The van der Waals surface area contributed by atoms with Gasteiger partial charge >= 0.3 is 7.12 Å². The third kappa shape index (κ3) is 3.13. The monoisotopic (exact) mass is 413 g/mol. The Bertz CT molecular complexity index is 1180. The molecule has 0 radical (unpaired) electrons. The van der Waals surface area contributed by atoms with Crippen LogP contribution in [0, 0.1) is 6.92 Å². The van der Waals surface area contributed by atoms with Gasteiger partial charge in [0.15, 0.2) is 5.65 Å². The summed E-state index contributed by atoms with van der Waals surface area (Å²) in [5.74, 6) is 0. The molecule has 152 valence electrons. The van der Waals surface area contributed by atoms with Crippen LogP contribution in [0.1, 0.15) is 33.3 Å².